The molecule has 4 heteroatoms. The molecule has 1 unspecified atom stereocenters. The van der Waals surface area contributed by atoms with Gasteiger partial charge >= 0.3 is 0 Å². The maximum Gasteiger partial charge on any atom is 0.0949 e. The highest BCUT2D eigenvalue weighted by atomic mass is 16.5. The molecule has 0 spiro atoms. The lowest BCUT2D eigenvalue weighted by Crippen LogP contribution is -2.45. The predicted molar refractivity (Wildman–Crippen MR) is 58.7 cm³/mol. The van der Waals surface area contributed by atoms with Gasteiger partial charge in [0.2, 0.25) is 0 Å². The number of hydrogen-bond donors (Lipinski definition) is 1. The SMILES string of the molecule is COC(C)(C)C1NCCc2ncn(C)c21. The van der Waals surface area contributed by atoms with Crippen molar-refractivity contribution in [3.63, 3.8) is 0 Å². The fraction of sp³-hybridized carbons (Fsp3) is 0.727. The molecule has 2 heterocycles. The summed E-state index contributed by atoms with van der Waals surface area (Å²) in [6.45, 7) is 5.18. The quantitative estimate of drug-likeness (QED) is 0.790. The first-order chi connectivity index (χ1) is 7.06. The minimum Gasteiger partial charge on any atom is -0.377 e. The van der Waals surface area contributed by atoms with Crippen LogP contribution >= 0.6 is 0 Å². The van der Waals surface area contributed by atoms with Crippen molar-refractivity contribution in [2.45, 2.75) is 31.9 Å². The van der Waals surface area contributed by atoms with Gasteiger partial charge in [-0.2, -0.15) is 0 Å². The van der Waals surface area contributed by atoms with Crippen LogP contribution < -0.4 is 5.32 Å². The molecule has 1 aromatic rings. The van der Waals surface area contributed by atoms with Crippen LogP contribution in [0.15, 0.2) is 6.33 Å². The third-order valence-corrected chi connectivity index (χ3v) is 3.27. The van der Waals surface area contributed by atoms with Gasteiger partial charge in [0.1, 0.15) is 0 Å². The molecule has 1 aliphatic heterocycles. The molecule has 0 saturated heterocycles. The van der Waals surface area contributed by atoms with E-state index < -0.39 is 0 Å². The second kappa shape index (κ2) is 3.61. The summed E-state index contributed by atoms with van der Waals surface area (Å²) in [5.41, 5.74) is 2.25. The van der Waals surface area contributed by atoms with E-state index in [1.165, 1.54) is 11.4 Å². The van der Waals surface area contributed by atoms with Crippen LogP contribution in [0.25, 0.3) is 0 Å². The number of methoxy groups -OCH3 is 1. The Balaban J connectivity index is 2.41. The molecule has 1 aliphatic rings. The van der Waals surface area contributed by atoms with Crippen LogP contribution in [0.4, 0.5) is 0 Å². The predicted octanol–water partition coefficient (Wildman–Crippen LogP) is 1.03. The van der Waals surface area contributed by atoms with E-state index in [9.17, 15) is 0 Å². The summed E-state index contributed by atoms with van der Waals surface area (Å²) in [4.78, 5) is 4.42. The van der Waals surface area contributed by atoms with Crippen LogP contribution in [0.2, 0.25) is 0 Å². The number of nitrogens with one attached hydrogen (secondary N) is 1. The third kappa shape index (κ3) is 1.68. The van der Waals surface area contributed by atoms with Gasteiger partial charge in [0, 0.05) is 27.1 Å². The van der Waals surface area contributed by atoms with Gasteiger partial charge in [0.15, 0.2) is 0 Å². The van der Waals surface area contributed by atoms with E-state index >= 15 is 0 Å². The molecule has 1 atom stereocenters. The molecular formula is C11H19N3O. The highest BCUT2D eigenvalue weighted by Crippen LogP contribution is 2.32. The van der Waals surface area contributed by atoms with Crippen LogP contribution in [0.3, 0.4) is 0 Å². The lowest BCUT2D eigenvalue weighted by Gasteiger charge is -2.36. The maximum atomic E-state index is 5.55. The van der Waals surface area contributed by atoms with Gasteiger partial charge in [-0.1, -0.05) is 0 Å². The van der Waals surface area contributed by atoms with E-state index in [-0.39, 0.29) is 11.6 Å². The molecule has 0 radical (unpaired) electrons. The first-order valence-electron chi connectivity index (χ1n) is 5.35. The molecule has 1 aromatic heterocycles. The monoisotopic (exact) mass is 209 g/mol. The lowest BCUT2D eigenvalue weighted by atomic mass is 9.91. The number of imidazole rings is 1. The summed E-state index contributed by atoms with van der Waals surface area (Å²) in [5.74, 6) is 0. The molecule has 1 N–H and O–H groups in total. The molecule has 2 rings (SSSR count). The number of aromatic nitrogens is 2. The van der Waals surface area contributed by atoms with E-state index in [4.69, 9.17) is 4.74 Å². The minimum absolute atomic E-state index is 0.205. The average molecular weight is 209 g/mol. The first-order valence-corrected chi connectivity index (χ1v) is 5.35. The van der Waals surface area contributed by atoms with Gasteiger partial charge in [-0.3, -0.25) is 0 Å². The molecule has 15 heavy (non-hydrogen) atoms. The molecule has 0 amide bonds. The van der Waals surface area contributed by atoms with E-state index in [0.29, 0.717) is 0 Å². The van der Waals surface area contributed by atoms with Gasteiger partial charge in [0.25, 0.3) is 0 Å². The van der Waals surface area contributed by atoms with Crippen molar-refractivity contribution >= 4 is 0 Å². The summed E-state index contributed by atoms with van der Waals surface area (Å²) < 4.78 is 7.64. The Hall–Kier alpha value is -0.870. The molecule has 0 bridgehead atoms. The van der Waals surface area contributed by atoms with Crippen LogP contribution in [-0.2, 0) is 18.2 Å². The minimum atomic E-state index is -0.205. The fourth-order valence-corrected chi connectivity index (χ4v) is 2.18. The Morgan fingerprint density at radius 3 is 3.00 bits per heavy atom. The Morgan fingerprint density at radius 2 is 2.33 bits per heavy atom. The largest absolute Gasteiger partial charge is 0.377 e. The molecule has 0 aromatic carbocycles. The second-order valence-electron chi connectivity index (χ2n) is 4.63. The highest BCUT2D eigenvalue weighted by Gasteiger charge is 2.36. The zero-order valence-electron chi connectivity index (χ0n) is 9.87. The standard InChI is InChI=1S/C11H19N3O/c1-11(2,15-4)10-9-8(5-6-12-10)13-7-14(9)3/h7,10,12H,5-6H2,1-4H3. The van der Waals surface area contributed by atoms with Gasteiger partial charge in [-0.15, -0.1) is 0 Å². The smallest absolute Gasteiger partial charge is 0.0949 e. The summed E-state index contributed by atoms with van der Waals surface area (Å²) in [6.07, 6.45) is 2.89. The van der Waals surface area contributed by atoms with Gasteiger partial charge in [-0.25, -0.2) is 4.98 Å². The second-order valence-corrected chi connectivity index (χ2v) is 4.63. The fourth-order valence-electron chi connectivity index (χ4n) is 2.18. The number of fused-ring (bicyclic) bond motifs is 1. The Kier molecular flexibility index (Phi) is 2.56. The Labute approximate surface area is 90.6 Å². The van der Waals surface area contributed by atoms with Crippen molar-refractivity contribution < 1.29 is 4.74 Å². The summed E-state index contributed by atoms with van der Waals surface area (Å²) >= 11 is 0. The number of nitrogens with zero attached hydrogens (tertiary/aromatic N) is 2. The van der Waals surface area contributed by atoms with Crippen molar-refractivity contribution in [1.82, 2.24) is 14.9 Å². The van der Waals surface area contributed by atoms with Crippen LogP contribution in [0.5, 0.6) is 0 Å². The Morgan fingerprint density at radius 1 is 1.60 bits per heavy atom. The first kappa shape index (κ1) is 10.6. The van der Waals surface area contributed by atoms with Crippen molar-refractivity contribution in [1.29, 1.82) is 0 Å². The molecule has 84 valence electrons. The van der Waals surface area contributed by atoms with Crippen molar-refractivity contribution in [2.24, 2.45) is 7.05 Å². The average Bonchev–Trinajstić information content (AvgIpc) is 2.60. The van der Waals surface area contributed by atoms with E-state index in [2.05, 4.69) is 28.7 Å². The van der Waals surface area contributed by atoms with Gasteiger partial charge < -0.3 is 14.6 Å². The number of rotatable bonds is 2. The number of aryl methyl sites for hydroxylation is 1. The third-order valence-electron chi connectivity index (χ3n) is 3.27. The molecule has 0 aliphatic carbocycles. The van der Waals surface area contributed by atoms with E-state index in [0.717, 1.165) is 13.0 Å². The van der Waals surface area contributed by atoms with Crippen molar-refractivity contribution in [3.8, 4) is 0 Å². The normalized spacial score (nSPS) is 21.5. The number of hydrogen-bond acceptors (Lipinski definition) is 3. The maximum absolute atomic E-state index is 5.55. The summed E-state index contributed by atoms with van der Waals surface area (Å²) in [7, 11) is 3.80. The zero-order valence-corrected chi connectivity index (χ0v) is 9.87. The van der Waals surface area contributed by atoms with E-state index in [1.807, 2.05) is 13.4 Å². The molecule has 4 nitrogen and oxygen atoms in total. The van der Waals surface area contributed by atoms with Crippen molar-refractivity contribution in [2.75, 3.05) is 13.7 Å². The van der Waals surface area contributed by atoms with Crippen LogP contribution in [0, 0.1) is 0 Å². The topological polar surface area (TPSA) is 39.1 Å². The van der Waals surface area contributed by atoms with E-state index in [1.54, 1.807) is 7.11 Å². The lowest BCUT2D eigenvalue weighted by molar-refractivity contribution is -0.0149. The van der Waals surface area contributed by atoms with Crippen LogP contribution in [0.1, 0.15) is 31.3 Å². The van der Waals surface area contributed by atoms with Crippen molar-refractivity contribution in [3.05, 3.63) is 17.7 Å². The number of ether oxygens (including phenoxy) is 1. The zero-order chi connectivity index (χ0) is 11.1. The summed E-state index contributed by atoms with van der Waals surface area (Å²) in [5, 5.41) is 3.51. The molecule has 0 saturated carbocycles. The highest BCUT2D eigenvalue weighted by molar-refractivity contribution is 5.23. The molecule has 0 fully saturated rings. The van der Waals surface area contributed by atoms with Crippen LogP contribution in [-0.4, -0.2) is 28.8 Å². The van der Waals surface area contributed by atoms with Gasteiger partial charge in [0.05, 0.1) is 29.4 Å². The molecular weight excluding hydrogens is 190 g/mol. The summed E-state index contributed by atoms with van der Waals surface area (Å²) in [6, 6.07) is 0.221. The Bertz CT molecular complexity index is 357. The van der Waals surface area contributed by atoms with Gasteiger partial charge in [-0.05, 0) is 13.8 Å².